The SMILES string of the molecule is COc1ccc(CC(=O)O)c(OCc2coc3c(NCC4CC4)cc(-c4cccc(CN)c4)cc23)c1. The van der Waals surface area contributed by atoms with Gasteiger partial charge in [0.15, 0.2) is 5.58 Å². The highest BCUT2D eigenvalue weighted by Crippen LogP contribution is 2.37. The zero-order valence-electron chi connectivity index (χ0n) is 20.3. The van der Waals surface area contributed by atoms with Crippen molar-refractivity contribution in [1.29, 1.82) is 0 Å². The molecular formula is C29H30N2O5. The Morgan fingerprint density at radius 3 is 2.72 bits per heavy atom. The number of nitrogens with two attached hydrogens (primary N) is 1. The number of nitrogens with one attached hydrogen (secondary N) is 1. The maximum Gasteiger partial charge on any atom is 0.307 e. The average Bonchev–Trinajstić information content (AvgIpc) is 3.64. The first kappa shape index (κ1) is 23.8. The summed E-state index contributed by atoms with van der Waals surface area (Å²) in [5.74, 6) is 0.868. The lowest BCUT2D eigenvalue weighted by Gasteiger charge is -2.13. The van der Waals surface area contributed by atoms with Gasteiger partial charge in [0, 0.05) is 35.7 Å². The summed E-state index contributed by atoms with van der Waals surface area (Å²) in [6, 6.07) is 17.6. The number of aliphatic carboxylic acids is 1. The van der Waals surface area contributed by atoms with Gasteiger partial charge in [0.1, 0.15) is 18.1 Å². The Balaban J connectivity index is 1.50. The van der Waals surface area contributed by atoms with Gasteiger partial charge < -0.3 is 30.0 Å². The van der Waals surface area contributed by atoms with Crippen LogP contribution in [0.15, 0.2) is 65.3 Å². The van der Waals surface area contributed by atoms with E-state index in [1.54, 1.807) is 31.6 Å². The molecular weight excluding hydrogens is 456 g/mol. The van der Waals surface area contributed by atoms with E-state index < -0.39 is 5.97 Å². The molecule has 1 heterocycles. The number of methoxy groups -OCH3 is 1. The Hall–Kier alpha value is -3.97. The van der Waals surface area contributed by atoms with Gasteiger partial charge in [-0.2, -0.15) is 0 Å². The third kappa shape index (κ3) is 5.31. The lowest BCUT2D eigenvalue weighted by molar-refractivity contribution is -0.136. The molecule has 0 amide bonds. The number of rotatable bonds is 11. The van der Waals surface area contributed by atoms with Crippen LogP contribution in [-0.4, -0.2) is 24.7 Å². The normalized spacial score (nSPS) is 13.1. The summed E-state index contributed by atoms with van der Waals surface area (Å²) >= 11 is 0. The van der Waals surface area contributed by atoms with Gasteiger partial charge in [0.05, 0.1) is 25.5 Å². The van der Waals surface area contributed by atoms with Crippen LogP contribution < -0.4 is 20.5 Å². The second kappa shape index (κ2) is 10.3. The Morgan fingerprint density at radius 1 is 1.11 bits per heavy atom. The van der Waals surface area contributed by atoms with E-state index in [9.17, 15) is 9.90 Å². The molecule has 0 saturated heterocycles. The summed E-state index contributed by atoms with van der Waals surface area (Å²) in [5, 5.41) is 13.8. The van der Waals surface area contributed by atoms with Crippen molar-refractivity contribution in [2.45, 2.75) is 32.4 Å². The van der Waals surface area contributed by atoms with E-state index >= 15 is 0 Å². The fraction of sp³-hybridized carbons (Fsp3) is 0.276. The van der Waals surface area contributed by atoms with E-state index in [0.29, 0.717) is 29.5 Å². The van der Waals surface area contributed by atoms with Crippen molar-refractivity contribution in [2.75, 3.05) is 19.0 Å². The van der Waals surface area contributed by atoms with E-state index in [1.807, 2.05) is 12.1 Å². The molecule has 36 heavy (non-hydrogen) atoms. The highest BCUT2D eigenvalue weighted by atomic mass is 16.5. The summed E-state index contributed by atoms with van der Waals surface area (Å²) in [7, 11) is 1.57. The fourth-order valence-corrected chi connectivity index (χ4v) is 4.31. The standard InChI is InChI=1S/C29H30N2O5/c1-34-24-8-7-21(12-28(32)33)27(13-24)35-16-23-17-36-29-25(23)10-22(11-26(29)31-15-18-5-6-18)20-4-2-3-19(9-20)14-30/h2-4,7-11,13,17-18,31H,5-6,12,14-16,30H2,1H3,(H,32,33). The van der Waals surface area contributed by atoms with Gasteiger partial charge in [-0.25, -0.2) is 0 Å². The first-order valence-electron chi connectivity index (χ1n) is 12.1. The molecule has 0 unspecified atom stereocenters. The summed E-state index contributed by atoms with van der Waals surface area (Å²) in [6.45, 7) is 1.62. The second-order valence-electron chi connectivity index (χ2n) is 9.22. The summed E-state index contributed by atoms with van der Waals surface area (Å²) < 4.78 is 17.4. The second-order valence-corrected chi connectivity index (χ2v) is 9.22. The van der Waals surface area contributed by atoms with Gasteiger partial charge in [-0.05, 0) is 59.7 Å². The monoisotopic (exact) mass is 486 g/mol. The van der Waals surface area contributed by atoms with Crippen molar-refractivity contribution in [3.05, 3.63) is 77.6 Å². The lowest BCUT2D eigenvalue weighted by atomic mass is 9.99. The zero-order chi connectivity index (χ0) is 25.1. The molecule has 0 atom stereocenters. The van der Waals surface area contributed by atoms with Crippen molar-refractivity contribution in [2.24, 2.45) is 11.7 Å². The van der Waals surface area contributed by atoms with Crippen LogP contribution in [0, 0.1) is 5.92 Å². The van der Waals surface area contributed by atoms with Crippen molar-refractivity contribution in [3.8, 4) is 22.6 Å². The Labute approximate surface area is 209 Å². The molecule has 0 bridgehead atoms. The highest BCUT2D eigenvalue weighted by Gasteiger charge is 2.22. The molecule has 4 aromatic rings. The van der Waals surface area contributed by atoms with Crippen LogP contribution in [-0.2, 0) is 24.4 Å². The van der Waals surface area contributed by atoms with Crippen molar-refractivity contribution in [3.63, 3.8) is 0 Å². The molecule has 5 rings (SSSR count). The highest BCUT2D eigenvalue weighted by molar-refractivity contribution is 5.96. The molecule has 1 fully saturated rings. The molecule has 0 spiro atoms. The first-order valence-corrected chi connectivity index (χ1v) is 12.1. The number of benzene rings is 3. The molecule has 1 saturated carbocycles. The molecule has 1 aromatic heterocycles. The summed E-state index contributed by atoms with van der Waals surface area (Å²) in [5.41, 5.74) is 12.3. The van der Waals surface area contributed by atoms with Crippen molar-refractivity contribution in [1.82, 2.24) is 0 Å². The van der Waals surface area contributed by atoms with E-state index in [2.05, 4.69) is 29.6 Å². The van der Waals surface area contributed by atoms with Crippen LogP contribution in [0.2, 0.25) is 0 Å². The van der Waals surface area contributed by atoms with Crippen molar-refractivity contribution >= 4 is 22.6 Å². The summed E-state index contributed by atoms with van der Waals surface area (Å²) in [6.07, 6.45) is 4.09. The zero-order valence-corrected chi connectivity index (χ0v) is 20.3. The largest absolute Gasteiger partial charge is 0.497 e. The third-order valence-corrected chi connectivity index (χ3v) is 6.53. The molecule has 0 aliphatic heterocycles. The van der Waals surface area contributed by atoms with Crippen LogP contribution in [0.3, 0.4) is 0 Å². The topological polar surface area (TPSA) is 107 Å². The predicted octanol–water partition coefficient (Wildman–Crippen LogP) is 5.60. The van der Waals surface area contributed by atoms with Gasteiger partial charge >= 0.3 is 5.97 Å². The van der Waals surface area contributed by atoms with Crippen LogP contribution in [0.4, 0.5) is 5.69 Å². The molecule has 186 valence electrons. The van der Waals surface area contributed by atoms with Gasteiger partial charge in [0.25, 0.3) is 0 Å². The maximum atomic E-state index is 11.3. The van der Waals surface area contributed by atoms with Crippen LogP contribution in [0.5, 0.6) is 11.5 Å². The molecule has 1 aliphatic carbocycles. The van der Waals surface area contributed by atoms with E-state index in [4.69, 9.17) is 19.6 Å². The molecule has 4 N–H and O–H groups in total. The summed E-state index contributed by atoms with van der Waals surface area (Å²) in [4.78, 5) is 11.3. The molecule has 1 aliphatic rings. The molecule has 3 aromatic carbocycles. The van der Waals surface area contributed by atoms with Crippen LogP contribution in [0.1, 0.15) is 29.5 Å². The third-order valence-electron chi connectivity index (χ3n) is 6.53. The predicted molar refractivity (Wildman–Crippen MR) is 139 cm³/mol. The number of anilines is 1. The Bertz CT molecular complexity index is 1390. The van der Waals surface area contributed by atoms with Crippen molar-refractivity contribution < 1.29 is 23.8 Å². The van der Waals surface area contributed by atoms with Gasteiger partial charge in [-0.1, -0.05) is 24.3 Å². The number of ether oxygens (including phenoxy) is 2. The molecule has 7 nitrogen and oxygen atoms in total. The molecule has 0 radical (unpaired) electrons. The number of hydrogen-bond donors (Lipinski definition) is 3. The number of carboxylic acid groups (broad SMARTS) is 1. The first-order chi connectivity index (χ1) is 17.5. The number of furan rings is 1. The average molecular weight is 487 g/mol. The Kier molecular flexibility index (Phi) is 6.82. The number of carboxylic acids is 1. The van der Waals surface area contributed by atoms with E-state index in [1.165, 1.54) is 12.8 Å². The lowest BCUT2D eigenvalue weighted by Crippen LogP contribution is -2.05. The maximum absolute atomic E-state index is 11.3. The van der Waals surface area contributed by atoms with Gasteiger partial charge in [-0.15, -0.1) is 0 Å². The van der Waals surface area contributed by atoms with E-state index in [-0.39, 0.29) is 13.0 Å². The van der Waals surface area contributed by atoms with Crippen LogP contribution in [0.25, 0.3) is 22.1 Å². The fourth-order valence-electron chi connectivity index (χ4n) is 4.31. The number of carbonyl (C=O) groups is 1. The number of hydrogen-bond acceptors (Lipinski definition) is 6. The smallest absolute Gasteiger partial charge is 0.307 e. The number of fused-ring (bicyclic) bond motifs is 1. The minimum Gasteiger partial charge on any atom is -0.497 e. The van der Waals surface area contributed by atoms with Gasteiger partial charge in [0.2, 0.25) is 0 Å². The van der Waals surface area contributed by atoms with E-state index in [0.717, 1.165) is 45.5 Å². The quantitative estimate of drug-likeness (QED) is 0.253. The minimum absolute atomic E-state index is 0.137. The van der Waals surface area contributed by atoms with Gasteiger partial charge in [-0.3, -0.25) is 4.79 Å². The Morgan fingerprint density at radius 2 is 1.97 bits per heavy atom. The minimum atomic E-state index is -0.922. The molecule has 7 heteroatoms. The van der Waals surface area contributed by atoms with Crippen LogP contribution >= 0.6 is 0 Å².